The zero-order chi connectivity index (χ0) is 14.4. The van der Waals surface area contributed by atoms with Gasteiger partial charge >= 0.3 is 5.97 Å². The first-order valence-corrected chi connectivity index (χ1v) is 6.17. The average Bonchev–Trinajstić information content (AvgIpc) is 2.37. The van der Waals surface area contributed by atoms with Crippen molar-refractivity contribution in [2.75, 3.05) is 34.3 Å². The zero-order valence-electron chi connectivity index (χ0n) is 11.9. The molecule has 1 aromatic rings. The molecule has 0 heterocycles. The lowest BCUT2D eigenvalue weighted by molar-refractivity contribution is -0.143. The molecule has 1 rings (SSSR count). The summed E-state index contributed by atoms with van der Waals surface area (Å²) in [7, 11) is 5.22. The smallest absolute Gasteiger partial charge is 0.327 e. The van der Waals surface area contributed by atoms with Gasteiger partial charge in [0.05, 0.1) is 7.11 Å². The number of likely N-dealkylation sites (N-methyl/N-ethyl adjacent to an activating group) is 1. The number of carbonyl (C=O) groups excluding carboxylic acids is 1. The zero-order valence-corrected chi connectivity index (χ0v) is 11.9. The minimum atomic E-state index is -0.638. The Hall–Kier alpha value is -1.46. The van der Waals surface area contributed by atoms with Gasteiger partial charge in [-0.15, -0.1) is 0 Å². The molecule has 0 fully saturated rings. The molecule has 106 valence electrons. The van der Waals surface area contributed by atoms with Gasteiger partial charge in [-0.05, 0) is 44.3 Å². The van der Waals surface area contributed by atoms with Crippen LogP contribution in [0.25, 0.3) is 0 Å². The molecule has 4 nitrogen and oxygen atoms in total. The molecule has 1 atom stereocenters. The predicted octanol–water partition coefficient (Wildman–Crippen LogP) is 1.50. The highest BCUT2D eigenvalue weighted by molar-refractivity contribution is 5.78. The number of benzene rings is 1. The number of hydrogen-bond donors (Lipinski definition) is 1. The van der Waals surface area contributed by atoms with E-state index in [0.29, 0.717) is 12.1 Å². The van der Waals surface area contributed by atoms with E-state index < -0.39 is 12.0 Å². The van der Waals surface area contributed by atoms with Crippen molar-refractivity contribution in [3.8, 4) is 0 Å². The van der Waals surface area contributed by atoms with Crippen LogP contribution in [0.4, 0.5) is 4.39 Å². The molecule has 0 amide bonds. The van der Waals surface area contributed by atoms with Gasteiger partial charge in [0, 0.05) is 13.1 Å². The standard InChI is InChI=1S/C14H21FN2O2/c1-10-5-6-11(15)9-12(10)13(14(18)19-4)16-7-8-17(2)3/h5-6,9,13,16H,7-8H2,1-4H3. The molecule has 1 aromatic carbocycles. The van der Waals surface area contributed by atoms with Crippen LogP contribution in [0.1, 0.15) is 17.2 Å². The number of nitrogens with zero attached hydrogens (tertiary/aromatic N) is 1. The van der Waals surface area contributed by atoms with Crippen LogP contribution in [0.15, 0.2) is 18.2 Å². The molecule has 0 saturated carbocycles. The van der Waals surface area contributed by atoms with Crippen LogP contribution in [-0.4, -0.2) is 45.2 Å². The maximum Gasteiger partial charge on any atom is 0.327 e. The summed E-state index contributed by atoms with van der Waals surface area (Å²) in [5.41, 5.74) is 1.47. The minimum absolute atomic E-state index is 0.357. The van der Waals surface area contributed by atoms with Crippen LogP contribution in [0.2, 0.25) is 0 Å². The number of esters is 1. The number of methoxy groups -OCH3 is 1. The molecule has 0 aromatic heterocycles. The number of hydrogen-bond acceptors (Lipinski definition) is 4. The molecule has 0 saturated heterocycles. The number of ether oxygens (including phenoxy) is 1. The van der Waals surface area contributed by atoms with Crippen LogP contribution in [-0.2, 0) is 9.53 Å². The molecule has 0 radical (unpaired) electrons. The number of aryl methyl sites for hydroxylation is 1. The van der Waals surface area contributed by atoms with Crippen LogP contribution < -0.4 is 5.32 Å². The topological polar surface area (TPSA) is 41.6 Å². The van der Waals surface area contributed by atoms with Gasteiger partial charge in [-0.3, -0.25) is 5.32 Å². The van der Waals surface area contributed by atoms with E-state index in [-0.39, 0.29) is 5.82 Å². The van der Waals surface area contributed by atoms with Crippen LogP contribution in [0.5, 0.6) is 0 Å². The van der Waals surface area contributed by atoms with Crippen molar-refractivity contribution in [1.29, 1.82) is 0 Å². The minimum Gasteiger partial charge on any atom is -0.468 e. The largest absolute Gasteiger partial charge is 0.468 e. The third-order valence-corrected chi connectivity index (χ3v) is 2.90. The lowest BCUT2D eigenvalue weighted by Gasteiger charge is -2.20. The highest BCUT2D eigenvalue weighted by Crippen LogP contribution is 2.20. The van der Waals surface area contributed by atoms with Crippen molar-refractivity contribution in [1.82, 2.24) is 10.2 Å². The van der Waals surface area contributed by atoms with Gasteiger partial charge in [-0.2, -0.15) is 0 Å². The summed E-state index contributed by atoms with van der Waals surface area (Å²) in [6.07, 6.45) is 0. The van der Waals surface area contributed by atoms with Gasteiger partial charge in [0.1, 0.15) is 11.9 Å². The maximum atomic E-state index is 13.3. The first kappa shape index (κ1) is 15.6. The summed E-state index contributed by atoms with van der Waals surface area (Å²) in [6, 6.07) is 3.78. The third-order valence-electron chi connectivity index (χ3n) is 2.90. The first-order chi connectivity index (χ1) is 8.95. The lowest BCUT2D eigenvalue weighted by atomic mass is 10.0. The molecule has 19 heavy (non-hydrogen) atoms. The predicted molar refractivity (Wildman–Crippen MR) is 72.5 cm³/mol. The van der Waals surface area contributed by atoms with E-state index in [0.717, 1.165) is 12.1 Å². The van der Waals surface area contributed by atoms with E-state index in [9.17, 15) is 9.18 Å². The summed E-state index contributed by atoms with van der Waals surface area (Å²) in [6.45, 7) is 3.24. The molecule has 0 spiro atoms. The maximum absolute atomic E-state index is 13.3. The van der Waals surface area contributed by atoms with Gasteiger partial charge in [0.2, 0.25) is 0 Å². The number of halogens is 1. The monoisotopic (exact) mass is 268 g/mol. The Morgan fingerprint density at radius 2 is 2.16 bits per heavy atom. The van der Waals surface area contributed by atoms with E-state index in [1.807, 2.05) is 25.9 Å². The molecule has 1 N–H and O–H groups in total. The molecule has 1 unspecified atom stereocenters. The average molecular weight is 268 g/mol. The molecule has 0 bridgehead atoms. The Labute approximate surface area is 113 Å². The van der Waals surface area contributed by atoms with Gasteiger partial charge < -0.3 is 9.64 Å². The summed E-state index contributed by atoms with van der Waals surface area (Å²) < 4.78 is 18.1. The normalized spacial score (nSPS) is 12.5. The Bertz CT molecular complexity index is 435. The first-order valence-electron chi connectivity index (χ1n) is 6.17. The fourth-order valence-corrected chi connectivity index (χ4v) is 1.79. The highest BCUT2D eigenvalue weighted by Gasteiger charge is 2.22. The van der Waals surface area contributed by atoms with Crippen molar-refractivity contribution in [3.05, 3.63) is 35.1 Å². The van der Waals surface area contributed by atoms with E-state index in [2.05, 4.69) is 5.32 Å². The molecule has 0 aliphatic rings. The molecular weight excluding hydrogens is 247 g/mol. The van der Waals surface area contributed by atoms with Gasteiger partial charge in [-0.25, -0.2) is 9.18 Å². The van der Waals surface area contributed by atoms with Crippen molar-refractivity contribution in [2.45, 2.75) is 13.0 Å². The second-order valence-corrected chi connectivity index (χ2v) is 4.71. The van der Waals surface area contributed by atoms with E-state index in [4.69, 9.17) is 4.74 Å². The fraction of sp³-hybridized carbons (Fsp3) is 0.500. The van der Waals surface area contributed by atoms with Crippen molar-refractivity contribution >= 4 is 5.97 Å². The van der Waals surface area contributed by atoms with Gasteiger partial charge in [0.25, 0.3) is 0 Å². The lowest BCUT2D eigenvalue weighted by Crippen LogP contribution is -2.35. The van der Waals surface area contributed by atoms with Gasteiger partial charge in [-0.1, -0.05) is 6.07 Å². The van der Waals surface area contributed by atoms with Crippen molar-refractivity contribution < 1.29 is 13.9 Å². The van der Waals surface area contributed by atoms with E-state index in [1.54, 1.807) is 6.07 Å². The molecular formula is C14H21FN2O2. The Morgan fingerprint density at radius 3 is 2.74 bits per heavy atom. The van der Waals surface area contributed by atoms with Crippen LogP contribution in [0.3, 0.4) is 0 Å². The number of nitrogens with one attached hydrogen (secondary N) is 1. The SMILES string of the molecule is COC(=O)C(NCCN(C)C)c1cc(F)ccc1C. The highest BCUT2D eigenvalue weighted by atomic mass is 19.1. The Morgan fingerprint density at radius 1 is 1.47 bits per heavy atom. The third kappa shape index (κ3) is 4.61. The second-order valence-electron chi connectivity index (χ2n) is 4.71. The summed E-state index contributed by atoms with van der Waals surface area (Å²) in [5.74, 6) is -0.767. The number of carbonyl (C=O) groups is 1. The fourth-order valence-electron chi connectivity index (χ4n) is 1.79. The summed E-state index contributed by atoms with van der Waals surface area (Å²) in [5, 5.41) is 3.10. The van der Waals surface area contributed by atoms with Gasteiger partial charge in [0.15, 0.2) is 0 Å². The molecule has 5 heteroatoms. The Balaban J connectivity index is 2.89. The van der Waals surface area contributed by atoms with Crippen molar-refractivity contribution in [2.24, 2.45) is 0 Å². The van der Waals surface area contributed by atoms with E-state index >= 15 is 0 Å². The van der Waals surface area contributed by atoms with Crippen molar-refractivity contribution in [3.63, 3.8) is 0 Å². The quantitative estimate of drug-likeness (QED) is 0.794. The second kappa shape index (κ2) is 7.21. The summed E-state index contributed by atoms with van der Waals surface area (Å²) >= 11 is 0. The summed E-state index contributed by atoms with van der Waals surface area (Å²) in [4.78, 5) is 13.8. The van der Waals surface area contributed by atoms with Crippen LogP contribution >= 0.6 is 0 Å². The molecule has 0 aliphatic heterocycles. The Kier molecular flexibility index (Phi) is 5.92. The number of rotatable bonds is 6. The molecule has 0 aliphatic carbocycles. The van der Waals surface area contributed by atoms with E-state index in [1.165, 1.54) is 19.2 Å². The van der Waals surface area contributed by atoms with Crippen LogP contribution in [0, 0.1) is 12.7 Å².